The number of hydrogen-bond acceptors (Lipinski definition) is 1. The molecule has 2 bridgehead atoms. The van der Waals surface area contributed by atoms with Crippen molar-refractivity contribution in [2.75, 3.05) is 6.61 Å². The standard InChI is InChI=1S/C11H18O/c1-7-8(6-12)4-9-5-10(7)11(9,2)3/h8-10,12H,1,4-6H2,2-3H3/t8-,9-,10-/m0/s1. The van der Waals surface area contributed by atoms with Crippen molar-refractivity contribution < 1.29 is 5.11 Å². The Hall–Kier alpha value is -0.300. The second kappa shape index (κ2) is 2.35. The highest BCUT2D eigenvalue weighted by molar-refractivity contribution is 5.22. The smallest absolute Gasteiger partial charge is 0.0496 e. The van der Waals surface area contributed by atoms with Gasteiger partial charge < -0.3 is 5.11 Å². The van der Waals surface area contributed by atoms with Crippen LogP contribution in [0.5, 0.6) is 0 Å². The Labute approximate surface area is 74.5 Å². The van der Waals surface area contributed by atoms with Gasteiger partial charge in [-0.15, -0.1) is 0 Å². The van der Waals surface area contributed by atoms with Crippen LogP contribution >= 0.6 is 0 Å². The Bertz CT molecular complexity index is 217. The normalized spacial score (nSPS) is 43.9. The van der Waals surface area contributed by atoms with Gasteiger partial charge in [-0.3, -0.25) is 0 Å². The largest absolute Gasteiger partial charge is 0.396 e. The molecule has 3 fully saturated rings. The maximum atomic E-state index is 9.11. The molecule has 1 nitrogen and oxygen atoms in total. The van der Waals surface area contributed by atoms with Crippen molar-refractivity contribution in [1.29, 1.82) is 0 Å². The third kappa shape index (κ3) is 0.832. The van der Waals surface area contributed by atoms with Crippen LogP contribution in [0.25, 0.3) is 0 Å². The highest BCUT2D eigenvalue weighted by atomic mass is 16.3. The summed E-state index contributed by atoms with van der Waals surface area (Å²) in [5, 5.41) is 9.11. The van der Waals surface area contributed by atoms with Crippen molar-refractivity contribution >= 4 is 0 Å². The lowest BCUT2D eigenvalue weighted by Gasteiger charge is -2.59. The third-order valence-corrected chi connectivity index (χ3v) is 4.23. The average molecular weight is 166 g/mol. The van der Waals surface area contributed by atoms with Crippen LogP contribution in [-0.2, 0) is 0 Å². The van der Waals surface area contributed by atoms with Gasteiger partial charge in [0, 0.05) is 12.5 Å². The number of aliphatic hydroxyl groups excluding tert-OH is 1. The first-order chi connectivity index (χ1) is 5.57. The van der Waals surface area contributed by atoms with E-state index < -0.39 is 0 Å². The van der Waals surface area contributed by atoms with E-state index in [1.807, 2.05) is 0 Å². The summed E-state index contributed by atoms with van der Waals surface area (Å²) in [4.78, 5) is 0. The lowest BCUT2D eigenvalue weighted by Crippen LogP contribution is -2.52. The van der Waals surface area contributed by atoms with E-state index in [-0.39, 0.29) is 0 Å². The van der Waals surface area contributed by atoms with Gasteiger partial charge in [0.15, 0.2) is 0 Å². The second-order valence-corrected chi connectivity index (χ2v) is 5.00. The molecule has 0 aromatic heterocycles. The Morgan fingerprint density at radius 2 is 2.17 bits per heavy atom. The molecule has 1 N–H and O–H groups in total. The van der Waals surface area contributed by atoms with Crippen molar-refractivity contribution in [1.82, 2.24) is 0 Å². The first-order valence-corrected chi connectivity index (χ1v) is 4.87. The number of rotatable bonds is 1. The van der Waals surface area contributed by atoms with E-state index in [0.717, 1.165) is 5.92 Å². The van der Waals surface area contributed by atoms with Gasteiger partial charge >= 0.3 is 0 Å². The van der Waals surface area contributed by atoms with Crippen LogP contribution in [0.3, 0.4) is 0 Å². The molecule has 0 amide bonds. The highest BCUT2D eigenvalue weighted by Crippen LogP contribution is 2.62. The molecule has 0 heterocycles. The van der Waals surface area contributed by atoms with Crippen molar-refractivity contribution in [3.05, 3.63) is 12.2 Å². The van der Waals surface area contributed by atoms with Crippen molar-refractivity contribution in [3.8, 4) is 0 Å². The number of hydrogen-bond donors (Lipinski definition) is 1. The predicted octanol–water partition coefficient (Wildman–Crippen LogP) is 2.22. The molecule has 0 unspecified atom stereocenters. The van der Waals surface area contributed by atoms with Gasteiger partial charge in [-0.2, -0.15) is 0 Å². The molecule has 3 rings (SSSR count). The molecule has 0 radical (unpaired) electrons. The van der Waals surface area contributed by atoms with Gasteiger partial charge in [-0.1, -0.05) is 26.0 Å². The Balaban J connectivity index is 2.17. The van der Waals surface area contributed by atoms with E-state index in [1.165, 1.54) is 18.4 Å². The number of aliphatic hydroxyl groups is 1. The van der Waals surface area contributed by atoms with Crippen LogP contribution in [0, 0.1) is 23.2 Å². The van der Waals surface area contributed by atoms with Crippen molar-refractivity contribution in [3.63, 3.8) is 0 Å². The molecular weight excluding hydrogens is 148 g/mol. The summed E-state index contributed by atoms with van der Waals surface area (Å²) < 4.78 is 0. The summed E-state index contributed by atoms with van der Waals surface area (Å²) in [5.41, 5.74) is 1.79. The SMILES string of the molecule is C=C1[C@H](CO)C[C@H]2C[C@@H]1C2(C)C. The molecular formula is C11H18O. The van der Waals surface area contributed by atoms with E-state index in [0.29, 0.717) is 23.9 Å². The average Bonchev–Trinajstić information content (AvgIpc) is 2.03. The van der Waals surface area contributed by atoms with Crippen LogP contribution in [0.4, 0.5) is 0 Å². The van der Waals surface area contributed by atoms with Gasteiger partial charge in [0.25, 0.3) is 0 Å². The lowest BCUT2D eigenvalue weighted by molar-refractivity contribution is -0.0546. The monoisotopic (exact) mass is 166 g/mol. The molecule has 3 saturated carbocycles. The third-order valence-electron chi connectivity index (χ3n) is 4.23. The second-order valence-electron chi connectivity index (χ2n) is 5.00. The quantitative estimate of drug-likeness (QED) is 0.592. The van der Waals surface area contributed by atoms with Gasteiger partial charge in [0.1, 0.15) is 0 Å². The topological polar surface area (TPSA) is 20.2 Å². The van der Waals surface area contributed by atoms with Gasteiger partial charge in [0.05, 0.1) is 0 Å². The lowest BCUT2D eigenvalue weighted by atomic mass is 9.45. The molecule has 3 atom stereocenters. The summed E-state index contributed by atoms with van der Waals surface area (Å²) in [6.07, 6.45) is 2.49. The van der Waals surface area contributed by atoms with E-state index in [1.54, 1.807) is 0 Å². The Kier molecular flexibility index (Phi) is 1.63. The number of fused-ring (bicyclic) bond motifs is 2. The first-order valence-electron chi connectivity index (χ1n) is 4.87. The minimum Gasteiger partial charge on any atom is -0.396 e. The van der Waals surface area contributed by atoms with E-state index in [9.17, 15) is 0 Å². The molecule has 0 aliphatic heterocycles. The zero-order valence-electron chi connectivity index (χ0n) is 8.01. The molecule has 12 heavy (non-hydrogen) atoms. The molecule has 0 aromatic carbocycles. The molecule has 3 aliphatic rings. The molecule has 3 aliphatic carbocycles. The zero-order valence-corrected chi connectivity index (χ0v) is 8.01. The van der Waals surface area contributed by atoms with Gasteiger partial charge in [0.2, 0.25) is 0 Å². The van der Waals surface area contributed by atoms with E-state index in [4.69, 9.17) is 5.11 Å². The minimum atomic E-state index is 0.307. The van der Waals surface area contributed by atoms with Gasteiger partial charge in [-0.25, -0.2) is 0 Å². The van der Waals surface area contributed by atoms with Crippen LogP contribution in [0.1, 0.15) is 26.7 Å². The van der Waals surface area contributed by atoms with Crippen molar-refractivity contribution in [2.24, 2.45) is 23.2 Å². The fourth-order valence-corrected chi connectivity index (χ4v) is 3.02. The molecule has 68 valence electrons. The Morgan fingerprint density at radius 3 is 2.58 bits per heavy atom. The van der Waals surface area contributed by atoms with Crippen molar-refractivity contribution in [2.45, 2.75) is 26.7 Å². The Morgan fingerprint density at radius 1 is 1.50 bits per heavy atom. The summed E-state index contributed by atoms with van der Waals surface area (Å²) in [6.45, 7) is 9.10. The first kappa shape index (κ1) is 8.31. The molecule has 0 spiro atoms. The van der Waals surface area contributed by atoms with E-state index >= 15 is 0 Å². The maximum Gasteiger partial charge on any atom is 0.0496 e. The molecule has 1 heteroatoms. The highest BCUT2D eigenvalue weighted by Gasteiger charge is 2.54. The van der Waals surface area contributed by atoms with E-state index in [2.05, 4.69) is 20.4 Å². The predicted molar refractivity (Wildman–Crippen MR) is 49.7 cm³/mol. The van der Waals surface area contributed by atoms with Crippen LogP contribution in [0.2, 0.25) is 0 Å². The maximum absolute atomic E-state index is 9.11. The van der Waals surface area contributed by atoms with Crippen LogP contribution in [-0.4, -0.2) is 11.7 Å². The van der Waals surface area contributed by atoms with Crippen LogP contribution < -0.4 is 0 Å². The zero-order chi connectivity index (χ0) is 8.93. The summed E-state index contributed by atoms with van der Waals surface area (Å²) in [7, 11) is 0. The minimum absolute atomic E-state index is 0.307. The summed E-state index contributed by atoms with van der Waals surface area (Å²) >= 11 is 0. The fraction of sp³-hybridized carbons (Fsp3) is 0.818. The fourth-order valence-electron chi connectivity index (χ4n) is 3.02. The summed E-state index contributed by atoms with van der Waals surface area (Å²) in [6, 6.07) is 0. The van der Waals surface area contributed by atoms with Crippen LogP contribution in [0.15, 0.2) is 12.2 Å². The molecule has 0 aromatic rings. The summed E-state index contributed by atoms with van der Waals surface area (Å²) in [5.74, 6) is 1.93. The molecule has 0 saturated heterocycles. The van der Waals surface area contributed by atoms with Gasteiger partial charge in [-0.05, 0) is 30.1 Å².